The summed E-state index contributed by atoms with van der Waals surface area (Å²) in [7, 11) is 1.67. The summed E-state index contributed by atoms with van der Waals surface area (Å²) in [5.41, 5.74) is 1.92. The van der Waals surface area contributed by atoms with Gasteiger partial charge in [-0.15, -0.1) is 10.2 Å². The molecule has 0 N–H and O–H groups in total. The number of nitrogens with zero attached hydrogens (tertiary/aromatic N) is 3. The highest BCUT2D eigenvalue weighted by Gasteiger charge is 2.21. The van der Waals surface area contributed by atoms with Crippen molar-refractivity contribution in [3.8, 4) is 22.8 Å². The van der Waals surface area contributed by atoms with Crippen molar-refractivity contribution in [2.24, 2.45) is 0 Å². The summed E-state index contributed by atoms with van der Waals surface area (Å²) in [6.07, 6.45) is 1.06. The first-order valence-electron chi connectivity index (χ1n) is 8.83. The zero-order valence-corrected chi connectivity index (χ0v) is 15.9. The average Bonchev–Trinajstić information content (AvgIpc) is 3.17. The maximum atomic E-state index is 5.65. The summed E-state index contributed by atoms with van der Waals surface area (Å²) >= 11 is 1.65. The molecule has 7 heteroatoms. The molecule has 1 aliphatic rings. The molecule has 1 atom stereocenters. The second-order valence-corrected chi connectivity index (χ2v) is 7.08. The molecule has 0 bridgehead atoms. The molecule has 1 aliphatic heterocycles. The van der Waals surface area contributed by atoms with Crippen molar-refractivity contribution >= 4 is 11.8 Å². The van der Waals surface area contributed by atoms with Gasteiger partial charge in [-0.1, -0.05) is 42.1 Å². The molecule has 4 rings (SSSR count). The van der Waals surface area contributed by atoms with Gasteiger partial charge >= 0.3 is 0 Å². The predicted molar refractivity (Wildman–Crippen MR) is 104 cm³/mol. The van der Waals surface area contributed by atoms with Crippen molar-refractivity contribution in [2.75, 3.05) is 26.3 Å². The number of methoxy groups -OCH3 is 1. The molecule has 2 heterocycles. The van der Waals surface area contributed by atoms with Gasteiger partial charge in [0.05, 0.1) is 25.4 Å². The maximum absolute atomic E-state index is 5.65. The fraction of sp³-hybridized carbons (Fsp3) is 0.300. The van der Waals surface area contributed by atoms with E-state index in [1.807, 2.05) is 42.5 Å². The van der Waals surface area contributed by atoms with Crippen LogP contribution in [0.2, 0.25) is 0 Å². The van der Waals surface area contributed by atoms with Gasteiger partial charge in [0.2, 0.25) is 0 Å². The summed E-state index contributed by atoms with van der Waals surface area (Å²) in [5, 5.41) is 9.77. The summed E-state index contributed by atoms with van der Waals surface area (Å²) < 4.78 is 18.5. The second-order valence-electron chi connectivity index (χ2n) is 6.09. The van der Waals surface area contributed by atoms with Crippen LogP contribution < -0.4 is 4.74 Å². The molecule has 140 valence electrons. The topological polar surface area (TPSA) is 58.4 Å². The van der Waals surface area contributed by atoms with Crippen LogP contribution in [0.1, 0.15) is 6.42 Å². The van der Waals surface area contributed by atoms with Gasteiger partial charge in [-0.25, -0.2) is 0 Å². The number of hydrogen-bond donors (Lipinski definition) is 0. The van der Waals surface area contributed by atoms with E-state index in [2.05, 4.69) is 26.9 Å². The largest absolute Gasteiger partial charge is 0.496 e. The van der Waals surface area contributed by atoms with E-state index in [1.54, 1.807) is 18.9 Å². The lowest BCUT2D eigenvalue weighted by atomic mass is 10.2. The Hall–Kier alpha value is -2.35. The Morgan fingerprint density at radius 1 is 1.11 bits per heavy atom. The van der Waals surface area contributed by atoms with Crippen LogP contribution in [0.25, 0.3) is 17.1 Å². The van der Waals surface area contributed by atoms with Crippen LogP contribution in [0, 0.1) is 0 Å². The minimum absolute atomic E-state index is 0.166. The van der Waals surface area contributed by atoms with Crippen LogP contribution in [0.15, 0.2) is 59.8 Å². The number of hydrogen-bond acceptors (Lipinski definition) is 6. The fourth-order valence-corrected chi connectivity index (χ4v) is 3.99. The predicted octanol–water partition coefficient (Wildman–Crippen LogP) is 3.80. The number of thioether (sulfide) groups is 1. The number of rotatable bonds is 6. The molecule has 0 radical (unpaired) electrons. The highest BCUT2D eigenvalue weighted by molar-refractivity contribution is 7.99. The van der Waals surface area contributed by atoms with E-state index in [0.717, 1.165) is 46.8 Å². The van der Waals surface area contributed by atoms with Crippen molar-refractivity contribution < 1.29 is 14.2 Å². The number of aromatic nitrogens is 3. The van der Waals surface area contributed by atoms with E-state index in [-0.39, 0.29) is 6.10 Å². The Morgan fingerprint density at radius 3 is 2.70 bits per heavy atom. The van der Waals surface area contributed by atoms with Crippen LogP contribution in [-0.4, -0.2) is 47.1 Å². The lowest BCUT2D eigenvalue weighted by Gasteiger charge is -2.22. The first kappa shape index (κ1) is 18.0. The highest BCUT2D eigenvalue weighted by Crippen LogP contribution is 2.33. The smallest absolute Gasteiger partial charge is 0.196 e. The first-order valence-corrected chi connectivity index (χ1v) is 9.82. The van der Waals surface area contributed by atoms with Crippen LogP contribution in [0.3, 0.4) is 0 Å². The van der Waals surface area contributed by atoms with E-state index in [0.29, 0.717) is 6.79 Å². The van der Waals surface area contributed by atoms with Crippen LogP contribution in [0.5, 0.6) is 5.75 Å². The third-order valence-electron chi connectivity index (χ3n) is 4.37. The molecule has 2 aromatic carbocycles. The van der Waals surface area contributed by atoms with E-state index in [9.17, 15) is 0 Å². The van der Waals surface area contributed by atoms with E-state index < -0.39 is 0 Å². The standard InChI is InChI=1S/C20H21N3O3S/c1-24-18-10-6-5-9-17(18)19-21-22-20(23(19)15-7-3-2-4-8-15)27-13-16-11-12-25-14-26-16/h2-10,16H,11-14H2,1H3/t16-/m0/s1. The molecule has 6 nitrogen and oxygen atoms in total. The van der Waals surface area contributed by atoms with Gasteiger partial charge in [0, 0.05) is 11.4 Å². The Morgan fingerprint density at radius 2 is 1.93 bits per heavy atom. The molecule has 1 aromatic heterocycles. The van der Waals surface area contributed by atoms with Gasteiger partial charge in [-0.3, -0.25) is 4.57 Å². The molecule has 1 fully saturated rings. The summed E-state index contributed by atoms with van der Waals surface area (Å²) in [6, 6.07) is 18.0. The van der Waals surface area contributed by atoms with Crippen LogP contribution >= 0.6 is 11.8 Å². The van der Waals surface area contributed by atoms with Gasteiger partial charge < -0.3 is 14.2 Å². The summed E-state index contributed by atoms with van der Waals surface area (Å²) in [6.45, 7) is 1.10. The Kier molecular flexibility index (Phi) is 5.72. The Bertz CT molecular complexity index is 879. The lowest BCUT2D eigenvalue weighted by molar-refractivity contribution is -0.130. The third-order valence-corrected chi connectivity index (χ3v) is 5.43. The Balaban J connectivity index is 1.70. The van der Waals surface area contributed by atoms with Crippen LogP contribution in [0.4, 0.5) is 0 Å². The normalized spacial score (nSPS) is 17.0. The molecular weight excluding hydrogens is 362 g/mol. The number of ether oxygens (including phenoxy) is 3. The van der Waals surface area contributed by atoms with E-state index in [1.165, 1.54) is 0 Å². The van der Waals surface area contributed by atoms with Gasteiger partial charge in [0.25, 0.3) is 0 Å². The minimum atomic E-state index is 0.166. The SMILES string of the molecule is COc1ccccc1-c1nnc(SC[C@@H]2CCOCO2)n1-c1ccccc1. The zero-order chi connectivity index (χ0) is 18.5. The highest BCUT2D eigenvalue weighted by atomic mass is 32.2. The van der Waals surface area contributed by atoms with Crippen molar-refractivity contribution in [1.82, 2.24) is 14.8 Å². The quantitative estimate of drug-likeness (QED) is 0.604. The van der Waals surface area contributed by atoms with Crippen molar-refractivity contribution in [3.05, 3.63) is 54.6 Å². The molecule has 0 saturated carbocycles. The van der Waals surface area contributed by atoms with E-state index >= 15 is 0 Å². The van der Waals surface area contributed by atoms with Crippen molar-refractivity contribution in [1.29, 1.82) is 0 Å². The van der Waals surface area contributed by atoms with Crippen LogP contribution in [-0.2, 0) is 9.47 Å². The second kappa shape index (κ2) is 8.56. The lowest BCUT2D eigenvalue weighted by Crippen LogP contribution is -2.25. The summed E-state index contributed by atoms with van der Waals surface area (Å²) in [4.78, 5) is 0. The number of para-hydroxylation sites is 2. The maximum Gasteiger partial charge on any atom is 0.196 e. The molecule has 0 unspecified atom stereocenters. The van der Waals surface area contributed by atoms with Crippen molar-refractivity contribution in [3.63, 3.8) is 0 Å². The molecule has 0 amide bonds. The third kappa shape index (κ3) is 4.00. The van der Waals surface area contributed by atoms with Gasteiger partial charge in [0.1, 0.15) is 12.5 Å². The molecule has 0 spiro atoms. The zero-order valence-electron chi connectivity index (χ0n) is 15.1. The Labute approximate surface area is 162 Å². The molecule has 3 aromatic rings. The molecule has 27 heavy (non-hydrogen) atoms. The first-order chi connectivity index (χ1) is 13.4. The van der Waals surface area contributed by atoms with Crippen molar-refractivity contribution in [2.45, 2.75) is 17.7 Å². The summed E-state index contributed by atoms with van der Waals surface area (Å²) in [5.74, 6) is 2.33. The van der Waals surface area contributed by atoms with E-state index in [4.69, 9.17) is 14.2 Å². The fourth-order valence-electron chi connectivity index (χ4n) is 2.98. The molecule has 0 aliphatic carbocycles. The van der Waals surface area contributed by atoms with Gasteiger partial charge in [-0.2, -0.15) is 0 Å². The molecule has 1 saturated heterocycles. The van der Waals surface area contributed by atoms with Gasteiger partial charge in [-0.05, 0) is 30.7 Å². The average molecular weight is 383 g/mol. The molecular formula is C20H21N3O3S. The van der Waals surface area contributed by atoms with Gasteiger partial charge in [0.15, 0.2) is 11.0 Å². The number of benzene rings is 2. The monoisotopic (exact) mass is 383 g/mol. The minimum Gasteiger partial charge on any atom is -0.496 e.